The van der Waals surface area contributed by atoms with Crippen molar-refractivity contribution in [1.82, 2.24) is 9.47 Å². The normalized spacial score (nSPS) is 15.3. The van der Waals surface area contributed by atoms with Crippen molar-refractivity contribution in [3.8, 4) is 11.8 Å². The zero-order valence-corrected chi connectivity index (χ0v) is 22.9. The first-order valence-electron chi connectivity index (χ1n) is 13.0. The Morgan fingerprint density at radius 2 is 1.59 bits per heavy atom. The maximum absolute atomic E-state index is 12.7. The SMILES string of the molecule is COc1cc(N2CCN(C(C)=O)c3cc(N4CCN(C(C)=O)CC4)c(C#N)cc32)c2cc(C)c(=O)n(C)c2c1. The number of aryl methyl sites for hydroxylation is 2. The van der Waals surface area contributed by atoms with Crippen LogP contribution in [0.15, 0.2) is 35.1 Å². The van der Waals surface area contributed by atoms with E-state index >= 15 is 0 Å². The Bertz CT molecular complexity index is 1600. The van der Waals surface area contributed by atoms with Gasteiger partial charge in [-0.05, 0) is 25.1 Å². The van der Waals surface area contributed by atoms with Gasteiger partial charge in [0.2, 0.25) is 11.8 Å². The number of carbonyl (C=O) groups is 2. The topological polar surface area (TPSA) is 102 Å². The number of methoxy groups -OCH3 is 1. The number of nitrogens with zero attached hydrogens (tertiary/aromatic N) is 6. The van der Waals surface area contributed by atoms with E-state index in [0.29, 0.717) is 61.8 Å². The van der Waals surface area contributed by atoms with Gasteiger partial charge in [-0.1, -0.05) is 0 Å². The predicted molar refractivity (Wildman–Crippen MR) is 151 cm³/mol. The largest absolute Gasteiger partial charge is 0.497 e. The third-order valence-corrected chi connectivity index (χ3v) is 7.79. The van der Waals surface area contributed by atoms with Gasteiger partial charge in [0.15, 0.2) is 0 Å². The Morgan fingerprint density at radius 1 is 0.872 bits per heavy atom. The molecule has 0 spiro atoms. The number of carbonyl (C=O) groups excluding carboxylic acids is 2. The molecule has 0 N–H and O–H groups in total. The zero-order chi connectivity index (χ0) is 28.0. The minimum Gasteiger partial charge on any atom is -0.497 e. The molecule has 2 amide bonds. The molecule has 2 aliphatic heterocycles. The molecule has 10 nitrogen and oxygen atoms in total. The highest BCUT2D eigenvalue weighted by molar-refractivity contribution is 6.03. The molecule has 2 aliphatic rings. The Labute approximate surface area is 227 Å². The summed E-state index contributed by atoms with van der Waals surface area (Å²) in [4.78, 5) is 45.0. The lowest BCUT2D eigenvalue weighted by molar-refractivity contribution is -0.129. The van der Waals surface area contributed by atoms with Crippen molar-refractivity contribution >= 4 is 45.5 Å². The smallest absolute Gasteiger partial charge is 0.253 e. The van der Waals surface area contributed by atoms with Crippen LogP contribution in [0.3, 0.4) is 0 Å². The van der Waals surface area contributed by atoms with Crippen LogP contribution in [0.1, 0.15) is 25.0 Å². The maximum Gasteiger partial charge on any atom is 0.253 e. The number of fused-ring (bicyclic) bond motifs is 2. The number of hydrogen-bond donors (Lipinski definition) is 0. The van der Waals surface area contributed by atoms with E-state index in [1.807, 2.05) is 30.3 Å². The fraction of sp³-hybridized carbons (Fsp3) is 0.379. The molecule has 1 fully saturated rings. The number of aromatic nitrogens is 1. The van der Waals surface area contributed by atoms with Gasteiger partial charge in [-0.3, -0.25) is 14.4 Å². The van der Waals surface area contributed by atoms with Crippen molar-refractivity contribution in [3.05, 3.63) is 51.8 Å². The lowest BCUT2D eigenvalue weighted by Crippen LogP contribution is -2.48. The first-order chi connectivity index (χ1) is 18.6. The zero-order valence-electron chi connectivity index (χ0n) is 22.9. The van der Waals surface area contributed by atoms with E-state index in [1.54, 1.807) is 49.3 Å². The summed E-state index contributed by atoms with van der Waals surface area (Å²) in [6.45, 7) is 8.22. The number of nitriles is 1. The molecule has 0 aliphatic carbocycles. The molecular weight excluding hydrogens is 496 g/mol. The summed E-state index contributed by atoms with van der Waals surface area (Å²) in [5.74, 6) is 0.561. The van der Waals surface area contributed by atoms with Crippen LogP contribution < -0.4 is 25.0 Å². The minimum atomic E-state index is -0.0818. The number of benzene rings is 2. The van der Waals surface area contributed by atoms with E-state index < -0.39 is 0 Å². The Balaban J connectivity index is 1.69. The van der Waals surface area contributed by atoms with Crippen molar-refractivity contribution in [2.45, 2.75) is 20.8 Å². The highest BCUT2D eigenvalue weighted by atomic mass is 16.5. The number of ether oxygens (including phenoxy) is 1. The van der Waals surface area contributed by atoms with E-state index in [4.69, 9.17) is 4.74 Å². The monoisotopic (exact) mass is 528 g/mol. The molecule has 10 heteroatoms. The van der Waals surface area contributed by atoms with E-state index in [0.717, 1.165) is 28.0 Å². The Hall–Kier alpha value is -4.52. The standard InChI is InChI=1S/C29H32N6O4/c1-18-12-23-25(31(4)29(18)38)14-22(39-5)15-26(23)35-11-10-34(20(3)37)28-16-24(21(17-30)13-27(28)35)33-8-6-32(7-9-33)19(2)36/h12-16H,6-11H2,1-5H3. The second-order valence-electron chi connectivity index (χ2n) is 10.1. The highest BCUT2D eigenvalue weighted by Gasteiger charge is 2.31. The van der Waals surface area contributed by atoms with Gasteiger partial charge in [0.25, 0.3) is 5.56 Å². The fourth-order valence-corrected chi connectivity index (χ4v) is 5.65. The maximum atomic E-state index is 12.7. The molecule has 1 aromatic heterocycles. The van der Waals surface area contributed by atoms with Crippen LogP contribution in [-0.4, -0.2) is 67.7 Å². The average Bonchev–Trinajstić information content (AvgIpc) is 2.94. The molecule has 0 radical (unpaired) electrons. The number of hydrogen-bond acceptors (Lipinski definition) is 7. The summed E-state index contributed by atoms with van der Waals surface area (Å²) < 4.78 is 7.22. The molecule has 0 atom stereocenters. The van der Waals surface area contributed by atoms with Gasteiger partial charge in [-0.25, -0.2) is 0 Å². The van der Waals surface area contributed by atoms with E-state index in [1.165, 1.54) is 0 Å². The van der Waals surface area contributed by atoms with Gasteiger partial charge in [-0.15, -0.1) is 0 Å². The number of rotatable bonds is 3. The summed E-state index contributed by atoms with van der Waals surface area (Å²) in [6, 6.07) is 11.8. The predicted octanol–water partition coefficient (Wildman–Crippen LogP) is 2.90. The minimum absolute atomic E-state index is 0.0391. The third kappa shape index (κ3) is 4.44. The second-order valence-corrected chi connectivity index (χ2v) is 10.1. The summed E-state index contributed by atoms with van der Waals surface area (Å²) in [5.41, 5.74) is 4.81. The quantitative estimate of drug-likeness (QED) is 0.515. The molecular formula is C29H32N6O4. The van der Waals surface area contributed by atoms with Crippen LogP contribution in [0.4, 0.5) is 22.7 Å². The van der Waals surface area contributed by atoms with Crippen LogP contribution in [0, 0.1) is 18.3 Å². The Morgan fingerprint density at radius 3 is 2.21 bits per heavy atom. The summed E-state index contributed by atoms with van der Waals surface area (Å²) in [7, 11) is 3.33. The van der Waals surface area contributed by atoms with Gasteiger partial charge >= 0.3 is 0 Å². The van der Waals surface area contributed by atoms with E-state index in [2.05, 4.69) is 15.9 Å². The van der Waals surface area contributed by atoms with Crippen molar-refractivity contribution < 1.29 is 14.3 Å². The van der Waals surface area contributed by atoms with Crippen molar-refractivity contribution in [2.24, 2.45) is 7.05 Å². The van der Waals surface area contributed by atoms with Gasteiger partial charge in [-0.2, -0.15) is 5.26 Å². The number of piperazine rings is 1. The van der Waals surface area contributed by atoms with Crippen molar-refractivity contribution in [1.29, 1.82) is 5.26 Å². The molecule has 1 saturated heterocycles. The van der Waals surface area contributed by atoms with Crippen molar-refractivity contribution in [2.75, 3.05) is 61.1 Å². The molecule has 0 saturated carbocycles. The third-order valence-electron chi connectivity index (χ3n) is 7.79. The Kier molecular flexibility index (Phi) is 6.68. The second kappa shape index (κ2) is 9.98. The van der Waals surface area contributed by atoms with Gasteiger partial charge in [0.05, 0.1) is 40.9 Å². The van der Waals surface area contributed by atoms with Crippen LogP contribution in [-0.2, 0) is 16.6 Å². The molecule has 3 aromatic rings. The van der Waals surface area contributed by atoms with E-state index in [9.17, 15) is 19.6 Å². The van der Waals surface area contributed by atoms with E-state index in [-0.39, 0.29) is 17.4 Å². The summed E-state index contributed by atoms with van der Waals surface area (Å²) in [5, 5.41) is 11.1. The van der Waals surface area contributed by atoms with Crippen LogP contribution >= 0.6 is 0 Å². The molecule has 3 heterocycles. The molecule has 0 bridgehead atoms. The molecule has 2 aromatic carbocycles. The first-order valence-corrected chi connectivity index (χ1v) is 13.0. The van der Waals surface area contributed by atoms with Gasteiger partial charge in [0.1, 0.15) is 11.8 Å². The summed E-state index contributed by atoms with van der Waals surface area (Å²) >= 11 is 0. The number of pyridine rings is 1. The fourth-order valence-electron chi connectivity index (χ4n) is 5.65. The first kappa shape index (κ1) is 26.1. The van der Waals surface area contributed by atoms with Crippen LogP contribution in [0.2, 0.25) is 0 Å². The molecule has 0 unspecified atom stereocenters. The lowest BCUT2D eigenvalue weighted by atomic mass is 10.0. The number of amides is 2. The molecule has 39 heavy (non-hydrogen) atoms. The number of anilines is 4. The highest BCUT2D eigenvalue weighted by Crippen LogP contribution is 2.45. The molecule has 5 rings (SSSR count). The van der Waals surface area contributed by atoms with Crippen LogP contribution in [0.25, 0.3) is 10.9 Å². The molecule has 202 valence electrons. The van der Waals surface area contributed by atoms with Gasteiger partial charge in [0, 0.05) is 83.2 Å². The summed E-state index contributed by atoms with van der Waals surface area (Å²) in [6.07, 6.45) is 0. The lowest BCUT2D eigenvalue weighted by Gasteiger charge is -2.40. The van der Waals surface area contributed by atoms with Gasteiger partial charge < -0.3 is 28.9 Å². The van der Waals surface area contributed by atoms with Crippen LogP contribution in [0.5, 0.6) is 5.75 Å². The average molecular weight is 529 g/mol. The van der Waals surface area contributed by atoms with Crippen molar-refractivity contribution in [3.63, 3.8) is 0 Å².